The minimum Gasteiger partial charge on any atom is -0.395 e. The summed E-state index contributed by atoms with van der Waals surface area (Å²) in [6.45, 7) is 2.12. The zero-order chi connectivity index (χ0) is 13.8. The summed E-state index contributed by atoms with van der Waals surface area (Å²) in [5.74, 6) is 3.72. The van der Waals surface area contributed by atoms with E-state index in [2.05, 4.69) is 15.4 Å². The van der Waals surface area contributed by atoms with Gasteiger partial charge in [0.1, 0.15) is 11.6 Å². The van der Waals surface area contributed by atoms with Gasteiger partial charge in [0.25, 0.3) is 0 Å². The van der Waals surface area contributed by atoms with Crippen molar-refractivity contribution in [1.82, 2.24) is 9.97 Å². The van der Waals surface area contributed by atoms with Crippen molar-refractivity contribution in [2.24, 2.45) is 5.84 Å². The first-order valence-corrected chi connectivity index (χ1v) is 5.21. The zero-order valence-corrected chi connectivity index (χ0v) is 9.70. The number of nitrogens with one attached hydrogen (secondary N) is 1. The maximum absolute atomic E-state index is 12.6. The average Bonchev–Trinajstić information content (AvgIpc) is 2.34. The number of alkyl halides is 3. The standard InChI is InChI=1S/C9H14F3N5O/c1-2-17(3-4-18)7-5-6(16-13)14-8(15-7)9(10,11)12/h5,18H,2-4,13H2,1H3,(H,14,15,16). The molecule has 0 unspecified atom stereocenters. The van der Waals surface area contributed by atoms with Crippen LogP contribution in [-0.4, -0.2) is 34.8 Å². The normalized spacial score (nSPS) is 11.4. The summed E-state index contributed by atoms with van der Waals surface area (Å²) >= 11 is 0. The Balaban J connectivity index is 3.18. The Morgan fingerprint density at radius 2 is 2.11 bits per heavy atom. The Morgan fingerprint density at radius 3 is 2.56 bits per heavy atom. The Hall–Kier alpha value is -1.61. The molecule has 6 nitrogen and oxygen atoms in total. The van der Waals surface area contributed by atoms with Gasteiger partial charge >= 0.3 is 6.18 Å². The van der Waals surface area contributed by atoms with Crippen molar-refractivity contribution < 1.29 is 18.3 Å². The van der Waals surface area contributed by atoms with Crippen molar-refractivity contribution in [3.63, 3.8) is 0 Å². The maximum Gasteiger partial charge on any atom is 0.451 e. The number of halogens is 3. The Bertz CT molecular complexity index is 398. The highest BCUT2D eigenvalue weighted by Gasteiger charge is 2.35. The Morgan fingerprint density at radius 1 is 1.44 bits per heavy atom. The number of aliphatic hydroxyl groups is 1. The van der Waals surface area contributed by atoms with Gasteiger partial charge in [0, 0.05) is 19.2 Å². The van der Waals surface area contributed by atoms with E-state index in [1.54, 1.807) is 6.92 Å². The molecule has 0 aliphatic heterocycles. The first-order chi connectivity index (χ1) is 8.42. The predicted molar refractivity (Wildman–Crippen MR) is 59.8 cm³/mol. The third-order valence-electron chi connectivity index (χ3n) is 2.19. The number of nitrogen functional groups attached to an aromatic ring is 1. The van der Waals surface area contributed by atoms with Crippen LogP contribution in [-0.2, 0) is 6.18 Å². The summed E-state index contributed by atoms with van der Waals surface area (Å²) in [6, 6.07) is 1.29. The number of nitrogens with zero attached hydrogens (tertiary/aromatic N) is 3. The minimum atomic E-state index is -4.65. The molecule has 1 aromatic heterocycles. The van der Waals surface area contributed by atoms with Crippen molar-refractivity contribution in [2.75, 3.05) is 30.0 Å². The van der Waals surface area contributed by atoms with Crippen LogP contribution in [0.15, 0.2) is 6.07 Å². The molecule has 9 heteroatoms. The summed E-state index contributed by atoms with van der Waals surface area (Å²) in [5.41, 5.74) is 2.06. The summed E-state index contributed by atoms with van der Waals surface area (Å²) in [7, 11) is 0. The lowest BCUT2D eigenvalue weighted by Gasteiger charge is -2.22. The molecule has 1 heterocycles. The molecule has 102 valence electrons. The third kappa shape index (κ3) is 3.44. The van der Waals surface area contributed by atoms with Crippen molar-refractivity contribution in [1.29, 1.82) is 0 Å². The summed E-state index contributed by atoms with van der Waals surface area (Å²) in [6.07, 6.45) is -4.65. The van der Waals surface area contributed by atoms with Gasteiger partial charge in [-0.2, -0.15) is 13.2 Å². The van der Waals surface area contributed by atoms with E-state index >= 15 is 0 Å². The molecule has 4 N–H and O–H groups in total. The molecule has 1 aromatic rings. The number of anilines is 2. The van der Waals surface area contributed by atoms with Crippen LogP contribution in [0.1, 0.15) is 12.7 Å². The van der Waals surface area contributed by atoms with Gasteiger partial charge < -0.3 is 15.4 Å². The van der Waals surface area contributed by atoms with E-state index in [0.29, 0.717) is 6.54 Å². The number of rotatable bonds is 5. The van der Waals surface area contributed by atoms with Gasteiger partial charge in [0.05, 0.1) is 6.61 Å². The van der Waals surface area contributed by atoms with Crippen LogP contribution >= 0.6 is 0 Å². The number of aliphatic hydroxyl groups excluding tert-OH is 1. The monoisotopic (exact) mass is 265 g/mol. The number of hydrazine groups is 1. The van der Waals surface area contributed by atoms with Crippen molar-refractivity contribution >= 4 is 11.6 Å². The van der Waals surface area contributed by atoms with Gasteiger partial charge in [0.2, 0.25) is 5.82 Å². The summed E-state index contributed by atoms with van der Waals surface area (Å²) in [5, 5.41) is 8.84. The lowest BCUT2D eigenvalue weighted by atomic mass is 10.4. The molecule has 0 saturated heterocycles. The fourth-order valence-corrected chi connectivity index (χ4v) is 1.35. The molecule has 0 fully saturated rings. The zero-order valence-electron chi connectivity index (χ0n) is 9.70. The van der Waals surface area contributed by atoms with E-state index in [-0.39, 0.29) is 24.8 Å². The van der Waals surface area contributed by atoms with Crippen molar-refractivity contribution in [3.8, 4) is 0 Å². The smallest absolute Gasteiger partial charge is 0.395 e. The molecule has 0 spiro atoms. The maximum atomic E-state index is 12.6. The first kappa shape index (κ1) is 14.5. The van der Waals surface area contributed by atoms with Gasteiger partial charge in [-0.3, -0.25) is 0 Å². The topological polar surface area (TPSA) is 87.3 Å². The lowest BCUT2D eigenvalue weighted by molar-refractivity contribution is -0.144. The number of likely N-dealkylation sites (N-methyl/N-ethyl adjacent to an activating group) is 1. The first-order valence-electron chi connectivity index (χ1n) is 5.21. The van der Waals surface area contributed by atoms with Crippen molar-refractivity contribution in [3.05, 3.63) is 11.9 Å². The van der Waals surface area contributed by atoms with E-state index in [4.69, 9.17) is 10.9 Å². The highest BCUT2D eigenvalue weighted by atomic mass is 19.4. The molecule has 18 heavy (non-hydrogen) atoms. The van der Waals surface area contributed by atoms with E-state index < -0.39 is 12.0 Å². The second-order valence-electron chi connectivity index (χ2n) is 3.38. The highest BCUT2D eigenvalue weighted by Crippen LogP contribution is 2.28. The van der Waals surface area contributed by atoms with Crippen LogP contribution in [0.5, 0.6) is 0 Å². The molecule has 0 aromatic carbocycles. The predicted octanol–water partition coefficient (Wildman–Crippen LogP) is 0.600. The molecular formula is C9H14F3N5O. The Kier molecular flexibility index (Phi) is 4.68. The molecule has 0 saturated carbocycles. The molecule has 0 radical (unpaired) electrons. The molecule has 0 aliphatic rings. The van der Waals surface area contributed by atoms with Gasteiger partial charge in [-0.15, -0.1) is 0 Å². The molecule has 0 amide bonds. The van der Waals surface area contributed by atoms with Crippen LogP contribution in [0.25, 0.3) is 0 Å². The molecule has 1 rings (SSSR count). The second-order valence-corrected chi connectivity index (χ2v) is 3.38. The van der Waals surface area contributed by atoms with Gasteiger partial charge in [-0.05, 0) is 6.92 Å². The van der Waals surface area contributed by atoms with E-state index in [9.17, 15) is 13.2 Å². The third-order valence-corrected chi connectivity index (χ3v) is 2.19. The van der Waals surface area contributed by atoms with Gasteiger partial charge in [-0.1, -0.05) is 0 Å². The number of aromatic nitrogens is 2. The van der Waals surface area contributed by atoms with Crippen LogP contribution in [0.4, 0.5) is 24.8 Å². The van der Waals surface area contributed by atoms with Crippen LogP contribution < -0.4 is 16.2 Å². The number of hydrogen-bond donors (Lipinski definition) is 3. The van der Waals surface area contributed by atoms with Gasteiger partial charge in [-0.25, -0.2) is 15.8 Å². The SMILES string of the molecule is CCN(CCO)c1cc(NN)nc(C(F)(F)F)n1. The molecular weight excluding hydrogens is 251 g/mol. The molecule has 0 bridgehead atoms. The van der Waals surface area contributed by atoms with E-state index in [0.717, 1.165) is 0 Å². The lowest BCUT2D eigenvalue weighted by Crippen LogP contribution is -2.28. The fraction of sp³-hybridized carbons (Fsp3) is 0.556. The quantitative estimate of drug-likeness (QED) is 0.534. The van der Waals surface area contributed by atoms with Crippen LogP contribution in [0.3, 0.4) is 0 Å². The minimum absolute atomic E-state index is 0.0572. The number of hydrogen-bond acceptors (Lipinski definition) is 6. The van der Waals surface area contributed by atoms with E-state index in [1.165, 1.54) is 11.0 Å². The molecule has 0 aliphatic carbocycles. The van der Waals surface area contributed by atoms with Crippen molar-refractivity contribution in [2.45, 2.75) is 13.1 Å². The summed E-state index contributed by atoms with van der Waals surface area (Å²) < 4.78 is 37.7. The molecule has 0 atom stereocenters. The highest BCUT2D eigenvalue weighted by molar-refractivity contribution is 5.49. The summed E-state index contributed by atoms with van der Waals surface area (Å²) in [4.78, 5) is 8.15. The van der Waals surface area contributed by atoms with Crippen LogP contribution in [0.2, 0.25) is 0 Å². The van der Waals surface area contributed by atoms with Gasteiger partial charge in [0.15, 0.2) is 0 Å². The van der Waals surface area contributed by atoms with E-state index in [1.807, 2.05) is 0 Å². The average molecular weight is 265 g/mol. The second kappa shape index (κ2) is 5.83. The Labute approximate surface area is 102 Å². The largest absolute Gasteiger partial charge is 0.451 e. The fourth-order valence-electron chi connectivity index (χ4n) is 1.35. The van der Waals surface area contributed by atoms with Crippen LogP contribution in [0, 0.1) is 0 Å². The number of nitrogens with two attached hydrogens (primary N) is 1.